The maximum absolute atomic E-state index is 5.72. The van der Waals surface area contributed by atoms with E-state index in [0.717, 1.165) is 25.4 Å². The Hall–Kier alpha value is -1.02. The van der Waals surface area contributed by atoms with Gasteiger partial charge in [0.1, 0.15) is 5.75 Å². The van der Waals surface area contributed by atoms with Gasteiger partial charge in [-0.15, -0.1) is 0 Å². The summed E-state index contributed by atoms with van der Waals surface area (Å²) < 4.78 is 5.72. The third kappa shape index (κ3) is 5.65. The second-order valence-corrected chi connectivity index (χ2v) is 6.29. The van der Waals surface area contributed by atoms with Gasteiger partial charge in [0.05, 0.1) is 6.61 Å². The van der Waals surface area contributed by atoms with E-state index < -0.39 is 0 Å². The minimum absolute atomic E-state index is 0.158. The monoisotopic (exact) mass is 263 g/mol. The molecule has 0 atom stereocenters. The maximum atomic E-state index is 5.72. The molecular formula is C17H29NO. The second kappa shape index (κ2) is 7.54. The van der Waals surface area contributed by atoms with E-state index in [9.17, 15) is 0 Å². The highest BCUT2D eigenvalue weighted by atomic mass is 16.5. The van der Waals surface area contributed by atoms with Crippen LogP contribution < -0.4 is 10.1 Å². The van der Waals surface area contributed by atoms with Gasteiger partial charge >= 0.3 is 0 Å². The lowest BCUT2D eigenvalue weighted by molar-refractivity contribution is 0.271. The molecule has 1 aromatic carbocycles. The Morgan fingerprint density at radius 1 is 1.16 bits per heavy atom. The lowest BCUT2D eigenvalue weighted by Gasteiger charge is -2.26. The SMILES string of the molecule is CCCNCC(C)(C)c1ccc(OCC(C)C)cc1. The molecule has 0 aromatic heterocycles. The number of hydrogen-bond donors (Lipinski definition) is 1. The van der Waals surface area contributed by atoms with Crippen LogP contribution in [0.3, 0.4) is 0 Å². The van der Waals surface area contributed by atoms with Crippen LogP contribution in [-0.2, 0) is 5.41 Å². The van der Waals surface area contributed by atoms with Crippen LogP contribution in [0.1, 0.15) is 46.6 Å². The molecule has 108 valence electrons. The molecule has 0 fully saturated rings. The Morgan fingerprint density at radius 3 is 2.32 bits per heavy atom. The van der Waals surface area contributed by atoms with Crippen LogP contribution >= 0.6 is 0 Å². The van der Waals surface area contributed by atoms with Gasteiger partial charge in [0.25, 0.3) is 0 Å². The zero-order valence-electron chi connectivity index (χ0n) is 13.1. The predicted octanol–water partition coefficient (Wildman–Crippen LogP) is 4.00. The summed E-state index contributed by atoms with van der Waals surface area (Å²) in [6.07, 6.45) is 1.18. The molecular weight excluding hydrogens is 234 g/mol. The fraction of sp³-hybridized carbons (Fsp3) is 0.647. The predicted molar refractivity (Wildman–Crippen MR) is 83.0 cm³/mol. The number of hydrogen-bond acceptors (Lipinski definition) is 2. The zero-order chi connectivity index (χ0) is 14.3. The van der Waals surface area contributed by atoms with Crippen molar-refractivity contribution >= 4 is 0 Å². The van der Waals surface area contributed by atoms with Gasteiger partial charge in [-0.1, -0.05) is 46.8 Å². The van der Waals surface area contributed by atoms with Crippen molar-refractivity contribution < 1.29 is 4.74 Å². The van der Waals surface area contributed by atoms with Crippen molar-refractivity contribution in [1.82, 2.24) is 5.32 Å². The molecule has 0 saturated carbocycles. The number of rotatable bonds is 8. The Balaban J connectivity index is 2.58. The minimum Gasteiger partial charge on any atom is -0.493 e. The van der Waals surface area contributed by atoms with Gasteiger partial charge in [-0.3, -0.25) is 0 Å². The van der Waals surface area contributed by atoms with Crippen molar-refractivity contribution in [2.45, 2.75) is 46.5 Å². The summed E-state index contributed by atoms with van der Waals surface area (Å²) in [5.41, 5.74) is 1.51. The molecule has 0 amide bonds. The van der Waals surface area contributed by atoms with Crippen LogP contribution in [0.25, 0.3) is 0 Å². The Labute approximate surface area is 118 Å². The molecule has 0 unspecified atom stereocenters. The van der Waals surface area contributed by atoms with Crippen molar-refractivity contribution in [3.8, 4) is 5.75 Å². The number of ether oxygens (including phenoxy) is 1. The van der Waals surface area contributed by atoms with E-state index in [-0.39, 0.29) is 5.41 Å². The molecule has 0 aliphatic rings. The molecule has 1 N–H and O–H groups in total. The third-order valence-electron chi connectivity index (χ3n) is 3.21. The highest BCUT2D eigenvalue weighted by molar-refractivity contribution is 5.31. The van der Waals surface area contributed by atoms with Crippen molar-refractivity contribution in [1.29, 1.82) is 0 Å². The standard InChI is InChI=1S/C17H29NO/c1-6-11-18-13-17(4,5)15-7-9-16(10-8-15)19-12-14(2)3/h7-10,14,18H,6,11-13H2,1-5H3. The van der Waals surface area contributed by atoms with E-state index in [4.69, 9.17) is 4.74 Å². The van der Waals surface area contributed by atoms with Gasteiger partial charge in [-0.05, 0) is 36.6 Å². The summed E-state index contributed by atoms with van der Waals surface area (Å²) in [6.45, 7) is 13.9. The highest BCUT2D eigenvalue weighted by Crippen LogP contribution is 2.24. The fourth-order valence-electron chi connectivity index (χ4n) is 1.94. The quantitative estimate of drug-likeness (QED) is 0.716. The molecule has 2 heteroatoms. The molecule has 0 radical (unpaired) electrons. The lowest BCUT2D eigenvalue weighted by Crippen LogP contribution is -2.33. The van der Waals surface area contributed by atoms with E-state index in [0.29, 0.717) is 5.92 Å². The normalized spacial score (nSPS) is 11.9. The highest BCUT2D eigenvalue weighted by Gasteiger charge is 2.19. The van der Waals surface area contributed by atoms with Crippen LogP contribution in [0.2, 0.25) is 0 Å². The van der Waals surface area contributed by atoms with Crippen molar-refractivity contribution in [3.05, 3.63) is 29.8 Å². The number of nitrogens with one attached hydrogen (secondary N) is 1. The average molecular weight is 263 g/mol. The molecule has 0 spiro atoms. The van der Waals surface area contributed by atoms with E-state index in [1.807, 2.05) is 0 Å². The topological polar surface area (TPSA) is 21.3 Å². The second-order valence-electron chi connectivity index (χ2n) is 6.29. The van der Waals surface area contributed by atoms with Crippen molar-refractivity contribution in [3.63, 3.8) is 0 Å². The minimum atomic E-state index is 0.158. The molecule has 0 aliphatic heterocycles. The molecule has 1 aromatic rings. The molecule has 0 aliphatic carbocycles. The van der Waals surface area contributed by atoms with Crippen LogP contribution in [0.4, 0.5) is 0 Å². The summed E-state index contributed by atoms with van der Waals surface area (Å²) in [5.74, 6) is 1.53. The first-order valence-electron chi connectivity index (χ1n) is 7.39. The number of benzene rings is 1. The van der Waals surface area contributed by atoms with Gasteiger partial charge in [0.2, 0.25) is 0 Å². The molecule has 0 heterocycles. The smallest absolute Gasteiger partial charge is 0.119 e. The fourth-order valence-corrected chi connectivity index (χ4v) is 1.94. The summed E-state index contributed by atoms with van der Waals surface area (Å²) in [6, 6.07) is 8.53. The van der Waals surface area contributed by atoms with Crippen molar-refractivity contribution in [2.75, 3.05) is 19.7 Å². The van der Waals surface area contributed by atoms with Gasteiger partial charge in [0.15, 0.2) is 0 Å². The lowest BCUT2D eigenvalue weighted by atomic mass is 9.84. The van der Waals surface area contributed by atoms with Gasteiger partial charge in [0, 0.05) is 12.0 Å². The largest absolute Gasteiger partial charge is 0.493 e. The summed E-state index contributed by atoms with van der Waals surface area (Å²) in [7, 11) is 0. The summed E-state index contributed by atoms with van der Waals surface area (Å²) in [4.78, 5) is 0. The maximum Gasteiger partial charge on any atom is 0.119 e. The molecule has 19 heavy (non-hydrogen) atoms. The third-order valence-corrected chi connectivity index (χ3v) is 3.21. The van der Waals surface area contributed by atoms with Gasteiger partial charge < -0.3 is 10.1 Å². The van der Waals surface area contributed by atoms with Gasteiger partial charge in [-0.2, -0.15) is 0 Å². The molecule has 2 nitrogen and oxygen atoms in total. The Bertz CT molecular complexity index is 354. The summed E-state index contributed by atoms with van der Waals surface area (Å²) >= 11 is 0. The van der Waals surface area contributed by atoms with Gasteiger partial charge in [-0.25, -0.2) is 0 Å². The molecule has 0 saturated heterocycles. The first kappa shape index (κ1) is 16.0. The van der Waals surface area contributed by atoms with E-state index in [2.05, 4.69) is 64.2 Å². The van der Waals surface area contributed by atoms with Crippen LogP contribution in [0.15, 0.2) is 24.3 Å². The zero-order valence-corrected chi connectivity index (χ0v) is 13.1. The average Bonchev–Trinajstić information content (AvgIpc) is 2.37. The first-order valence-corrected chi connectivity index (χ1v) is 7.39. The Kier molecular flexibility index (Phi) is 6.36. The van der Waals surface area contributed by atoms with Crippen LogP contribution in [-0.4, -0.2) is 19.7 Å². The van der Waals surface area contributed by atoms with Crippen LogP contribution in [0, 0.1) is 5.92 Å². The van der Waals surface area contributed by atoms with Crippen molar-refractivity contribution in [2.24, 2.45) is 5.92 Å². The van der Waals surface area contributed by atoms with E-state index in [1.54, 1.807) is 0 Å². The van der Waals surface area contributed by atoms with E-state index >= 15 is 0 Å². The van der Waals surface area contributed by atoms with E-state index in [1.165, 1.54) is 12.0 Å². The first-order chi connectivity index (χ1) is 8.95. The molecule has 1 rings (SSSR count). The summed E-state index contributed by atoms with van der Waals surface area (Å²) in [5, 5.41) is 3.50. The van der Waals surface area contributed by atoms with Crippen LogP contribution in [0.5, 0.6) is 5.75 Å². The Morgan fingerprint density at radius 2 is 1.79 bits per heavy atom. The molecule has 0 bridgehead atoms.